The Bertz CT molecular complexity index is 1460. The van der Waals surface area contributed by atoms with E-state index in [0.29, 0.717) is 64.9 Å². The summed E-state index contributed by atoms with van der Waals surface area (Å²) in [5.74, 6) is 1.46. The quantitative estimate of drug-likeness (QED) is 0.297. The number of amides is 2. The van der Waals surface area contributed by atoms with Gasteiger partial charge in [-0.25, -0.2) is 4.79 Å². The smallest absolute Gasteiger partial charge is 0.410 e. The highest BCUT2D eigenvalue weighted by Gasteiger charge is 2.27. The van der Waals surface area contributed by atoms with Gasteiger partial charge in [0, 0.05) is 55.7 Å². The number of nitrogens with one attached hydrogen (secondary N) is 1. The second kappa shape index (κ2) is 13.4. The van der Waals surface area contributed by atoms with E-state index < -0.39 is 5.60 Å². The summed E-state index contributed by atoms with van der Waals surface area (Å²) in [6.07, 6.45) is 3.59. The van der Waals surface area contributed by atoms with E-state index in [0.717, 1.165) is 18.4 Å². The SMILES string of the molecule is CCC(=O)Cc1ccc(Oc2ccnc3cc(OCC4CCN(C(=O)OC(C)(C)C)CC4)c(C(=O)NC)cc23)cc1Cl. The van der Waals surface area contributed by atoms with E-state index in [1.807, 2.05) is 27.7 Å². The number of carbonyl (C=O) groups excluding carboxylic acids is 3. The van der Waals surface area contributed by atoms with E-state index in [1.54, 1.807) is 54.5 Å². The molecule has 2 heterocycles. The minimum atomic E-state index is -0.532. The summed E-state index contributed by atoms with van der Waals surface area (Å²) in [5, 5.41) is 3.77. The van der Waals surface area contributed by atoms with Crippen molar-refractivity contribution < 1.29 is 28.6 Å². The summed E-state index contributed by atoms with van der Waals surface area (Å²) in [6, 6.07) is 10.4. The van der Waals surface area contributed by atoms with Crippen LogP contribution in [0.3, 0.4) is 0 Å². The molecule has 4 rings (SSSR count). The Kier molecular flexibility index (Phi) is 9.93. The van der Waals surface area contributed by atoms with Crippen molar-refractivity contribution in [2.24, 2.45) is 5.92 Å². The van der Waals surface area contributed by atoms with Crippen LogP contribution < -0.4 is 14.8 Å². The number of hydrogen-bond donors (Lipinski definition) is 1. The van der Waals surface area contributed by atoms with Crippen molar-refractivity contribution >= 4 is 40.3 Å². The first-order valence-electron chi connectivity index (χ1n) is 14.2. The zero-order valence-corrected chi connectivity index (χ0v) is 25.5. The molecule has 1 saturated heterocycles. The van der Waals surface area contributed by atoms with Crippen LogP contribution in [0, 0.1) is 5.92 Å². The molecule has 0 radical (unpaired) electrons. The first-order valence-corrected chi connectivity index (χ1v) is 14.6. The van der Waals surface area contributed by atoms with E-state index in [4.69, 9.17) is 25.8 Å². The number of nitrogens with zero attached hydrogens (tertiary/aromatic N) is 2. The lowest BCUT2D eigenvalue weighted by Gasteiger charge is -2.33. The summed E-state index contributed by atoms with van der Waals surface area (Å²) in [4.78, 5) is 43.3. The summed E-state index contributed by atoms with van der Waals surface area (Å²) in [7, 11) is 1.57. The average molecular weight is 596 g/mol. The third-order valence-corrected chi connectivity index (χ3v) is 7.40. The molecule has 42 heavy (non-hydrogen) atoms. The van der Waals surface area contributed by atoms with Gasteiger partial charge in [-0.05, 0) is 69.4 Å². The van der Waals surface area contributed by atoms with Gasteiger partial charge < -0.3 is 24.4 Å². The number of fused-ring (bicyclic) bond motifs is 1. The number of halogens is 1. The molecule has 1 aliphatic heterocycles. The van der Waals surface area contributed by atoms with E-state index in [1.165, 1.54) is 0 Å². The zero-order chi connectivity index (χ0) is 30.4. The zero-order valence-electron chi connectivity index (χ0n) is 24.8. The molecule has 224 valence electrons. The largest absolute Gasteiger partial charge is 0.492 e. The average Bonchev–Trinajstić information content (AvgIpc) is 2.96. The van der Waals surface area contributed by atoms with Gasteiger partial charge in [-0.2, -0.15) is 0 Å². The highest BCUT2D eigenvalue weighted by atomic mass is 35.5. The van der Waals surface area contributed by atoms with E-state index >= 15 is 0 Å². The Balaban J connectivity index is 1.49. The third-order valence-electron chi connectivity index (χ3n) is 7.05. The Hall–Kier alpha value is -3.85. The maximum Gasteiger partial charge on any atom is 0.410 e. The minimum Gasteiger partial charge on any atom is -0.492 e. The Morgan fingerprint density at radius 1 is 1.07 bits per heavy atom. The van der Waals surface area contributed by atoms with Crippen LogP contribution >= 0.6 is 11.6 Å². The molecule has 1 aromatic heterocycles. The first kappa shape index (κ1) is 31.1. The van der Waals surface area contributed by atoms with Crippen molar-refractivity contribution in [3.63, 3.8) is 0 Å². The van der Waals surface area contributed by atoms with Crippen molar-refractivity contribution in [2.45, 2.75) is 59.0 Å². The molecule has 10 heteroatoms. The minimum absolute atomic E-state index is 0.108. The van der Waals surface area contributed by atoms with Crippen LogP contribution in [0.5, 0.6) is 17.2 Å². The van der Waals surface area contributed by atoms with Gasteiger partial charge in [0.05, 0.1) is 17.7 Å². The fourth-order valence-electron chi connectivity index (χ4n) is 4.68. The fourth-order valence-corrected chi connectivity index (χ4v) is 4.92. The molecular formula is C32H38ClN3O6. The summed E-state index contributed by atoms with van der Waals surface area (Å²) >= 11 is 6.43. The van der Waals surface area contributed by atoms with Gasteiger partial charge in [-0.15, -0.1) is 0 Å². The fraction of sp³-hybridized carbons (Fsp3) is 0.438. The molecule has 2 amide bonds. The second-order valence-electron chi connectivity index (χ2n) is 11.4. The molecule has 0 atom stereocenters. The van der Waals surface area contributed by atoms with Crippen molar-refractivity contribution in [1.82, 2.24) is 15.2 Å². The molecule has 0 unspecified atom stereocenters. The van der Waals surface area contributed by atoms with Gasteiger partial charge in [0.25, 0.3) is 5.91 Å². The number of Topliss-reactive ketones (excluding diaryl/α,β-unsaturated/α-hetero) is 1. The topological polar surface area (TPSA) is 107 Å². The van der Waals surface area contributed by atoms with Crippen LogP contribution in [-0.2, 0) is 16.0 Å². The Labute approximate surface area is 251 Å². The number of pyridine rings is 1. The third kappa shape index (κ3) is 7.91. The van der Waals surface area contributed by atoms with Crippen LogP contribution in [0.25, 0.3) is 10.9 Å². The molecule has 9 nitrogen and oxygen atoms in total. The van der Waals surface area contributed by atoms with Crippen molar-refractivity contribution in [2.75, 3.05) is 26.7 Å². The molecule has 0 saturated carbocycles. The van der Waals surface area contributed by atoms with Crippen LogP contribution in [0.4, 0.5) is 4.79 Å². The predicted octanol–water partition coefficient (Wildman–Crippen LogP) is 6.59. The first-order chi connectivity index (χ1) is 20.0. The summed E-state index contributed by atoms with van der Waals surface area (Å²) < 4.78 is 17.8. The lowest BCUT2D eigenvalue weighted by Crippen LogP contribution is -2.42. The van der Waals surface area contributed by atoms with Gasteiger partial charge in [0.2, 0.25) is 0 Å². The lowest BCUT2D eigenvalue weighted by molar-refractivity contribution is -0.118. The van der Waals surface area contributed by atoms with Gasteiger partial charge >= 0.3 is 6.09 Å². The highest BCUT2D eigenvalue weighted by Crippen LogP contribution is 2.35. The molecule has 1 N–H and O–H groups in total. The van der Waals surface area contributed by atoms with Gasteiger partial charge in [-0.1, -0.05) is 24.6 Å². The molecule has 0 bridgehead atoms. The number of likely N-dealkylation sites (tertiary alicyclic amines) is 1. The van der Waals surface area contributed by atoms with Crippen LogP contribution in [0.2, 0.25) is 5.02 Å². The maximum absolute atomic E-state index is 12.9. The number of benzene rings is 2. The molecule has 1 aliphatic rings. The molecule has 0 aliphatic carbocycles. The number of carbonyl (C=O) groups is 3. The van der Waals surface area contributed by atoms with E-state index in [-0.39, 0.29) is 30.1 Å². The van der Waals surface area contributed by atoms with Gasteiger partial charge in [-0.3, -0.25) is 14.6 Å². The number of hydrogen-bond acceptors (Lipinski definition) is 7. The number of aromatic nitrogens is 1. The Morgan fingerprint density at radius 3 is 2.45 bits per heavy atom. The second-order valence-corrected chi connectivity index (χ2v) is 11.8. The van der Waals surface area contributed by atoms with Crippen LogP contribution in [0.15, 0.2) is 42.6 Å². The number of rotatable bonds is 9. The normalized spacial score (nSPS) is 14.0. The summed E-state index contributed by atoms with van der Waals surface area (Å²) in [5.41, 5.74) is 1.18. The molecule has 2 aromatic carbocycles. The monoisotopic (exact) mass is 595 g/mol. The molecular weight excluding hydrogens is 558 g/mol. The predicted molar refractivity (Wildman–Crippen MR) is 162 cm³/mol. The van der Waals surface area contributed by atoms with Gasteiger partial charge in [0.1, 0.15) is 28.6 Å². The van der Waals surface area contributed by atoms with Crippen molar-refractivity contribution in [1.29, 1.82) is 0 Å². The lowest BCUT2D eigenvalue weighted by atomic mass is 9.98. The number of ether oxygens (including phenoxy) is 3. The highest BCUT2D eigenvalue weighted by molar-refractivity contribution is 6.31. The number of ketones is 1. The van der Waals surface area contributed by atoms with Gasteiger partial charge in [0.15, 0.2) is 0 Å². The van der Waals surface area contributed by atoms with Crippen LogP contribution in [-0.4, -0.2) is 60.0 Å². The van der Waals surface area contributed by atoms with E-state index in [2.05, 4.69) is 10.3 Å². The molecule has 0 spiro atoms. The van der Waals surface area contributed by atoms with Crippen molar-refractivity contribution in [3.05, 3.63) is 58.7 Å². The Morgan fingerprint density at radius 2 is 1.81 bits per heavy atom. The standard InChI is InChI=1S/C32H38ClN3O6/c1-6-22(37)15-21-7-8-23(16-26(21)33)41-28-9-12-35-27-18-29(25(17-24(27)28)30(38)34-5)40-19-20-10-13-36(14-11-20)31(39)42-32(2,3)4/h7-9,12,16-18,20H,6,10-11,13-15,19H2,1-5H3,(H,34,38). The molecule has 1 fully saturated rings. The summed E-state index contributed by atoms with van der Waals surface area (Å²) in [6.45, 7) is 8.97. The number of piperidine rings is 1. The van der Waals surface area contributed by atoms with Crippen molar-refractivity contribution in [3.8, 4) is 17.2 Å². The van der Waals surface area contributed by atoms with E-state index in [9.17, 15) is 14.4 Å². The maximum atomic E-state index is 12.9. The van der Waals surface area contributed by atoms with Crippen LogP contribution in [0.1, 0.15) is 62.9 Å². The molecule has 3 aromatic rings.